The van der Waals surface area contributed by atoms with Gasteiger partial charge in [-0.15, -0.1) is 11.3 Å². The molecule has 0 saturated heterocycles. The van der Waals surface area contributed by atoms with Crippen LogP contribution in [0.5, 0.6) is 17.4 Å². The Morgan fingerprint density at radius 3 is 2.50 bits per heavy atom. The van der Waals surface area contributed by atoms with Crippen molar-refractivity contribution in [2.45, 2.75) is 13.5 Å². The molecule has 0 spiro atoms. The monoisotopic (exact) mass is 398 g/mol. The number of ether oxygens (including phenoxy) is 2. The number of nitrogens with one attached hydrogen (secondary N) is 2. The highest BCUT2D eigenvalue weighted by Crippen LogP contribution is 2.22. The van der Waals surface area contributed by atoms with E-state index in [-0.39, 0.29) is 17.5 Å². The second-order valence-corrected chi connectivity index (χ2v) is 6.54. The summed E-state index contributed by atoms with van der Waals surface area (Å²) in [4.78, 5) is 31.5. The van der Waals surface area contributed by atoms with Gasteiger partial charge < -0.3 is 20.1 Å². The van der Waals surface area contributed by atoms with Gasteiger partial charge in [0.15, 0.2) is 5.13 Å². The molecule has 2 N–H and O–H groups in total. The maximum absolute atomic E-state index is 12.1. The van der Waals surface area contributed by atoms with Crippen LogP contribution in [0.2, 0.25) is 0 Å². The number of carbonyl (C=O) groups is 2. The average molecular weight is 398 g/mol. The van der Waals surface area contributed by atoms with Gasteiger partial charge in [0.2, 0.25) is 11.8 Å². The van der Waals surface area contributed by atoms with E-state index in [2.05, 4.69) is 20.6 Å². The summed E-state index contributed by atoms with van der Waals surface area (Å²) in [5.74, 6) is 1.28. The number of methoxy groups -OCH3 is 1. The van der Waals surface area contributed by atoms with Crippen LogP contribution in [0, 0.1) is 0 Å². The molecule has 2 heterocycles. The van der Waals surface area contributed by atoms with Gasteiger partial charge in [-0.25, -0.2) is 9.97 Å². The lowest BCUT2D eigenvalue weighted by atomic mass is 10.3. The van der Waals surface area contributed by atoms with Crippen molar-refractivity contribution >= 4 is 28.3 Å². The first-order chi connectivity index (χ1) is 13.5. The maximum Gasteiger partial charge on any atom is 0.271 e. The second-order valence-electron chi connectivity index (χ2n) is 5.68. The van der Waals surface area contributed by atoms with E-state index in [0.29, 0.717) is 23.3 Å². The van der Waals surface area contributed by atoms with Crippen molar-refractivity contribution < 1.29 is 19.1 Å². The number of nitrogens with zero attached hydrogens (tertiary/aromatic N) is 2. The van der Waals surface area contributed by atoms with Gasteiger partial charge >= 0.3 is 0 Å². The Kier molecular flexibility index (Phi) is 6.18. The van der Waals surface area contributed by atoms with Crippen molar-refractivity contribution in [3.8, 4) is 17.4 Å². The standard InChI is InChI=1S/C19H18N4O4S/c1-12(24)22-19-23-16(11-28-19)18(25)21-10-13-3-8-17(20-9-13)27-15-6-4-14(26-2)5-7-15/h3-9,11H,10H2,1-2H3,(H,21,25)(H,22,23,24). The lowest BCUT2D eigenvalue weighted by molar-refractivity contribution is -0.114. The van der Waals surface area contributed by atoms with Crippen molar-refractivity contribution in [3.05, 3.63) is 59.2 Å². The molecule has 3 rings (SSSR count). The Labute approximate surface area is 165 Å². The summed E-state index contributed by atoms with van der Waals surface area (Å²) in [6, 6.07) is 10.7. The normalized spacial score (nSPS) is 10.2. The Hall–Kier alpha value is -3.46. The fourth-order valence-corrected chi connectivity index (χ4v) is 2.94. The Bertz CT molecular complexity index is 955. The largest absolute Gasteiger partial charge is 0.497 e. The van der Waals surface area contributed by atoms with Crippen LogP contribution in [0.1, 0.15) is 23.0 Å². The quantitative estimate of drug-likeness (QED) is 0.633. The topological polar surface area (TPSA) is 102 Å². The van der Waals surface area contributed by atoms with Crippen molar-refractivity contribution in [3.63, 3.8) is 0 Å². The number of rotatable bonds is 7. The number of benzene rings is 1. The molecule has 2 aromatic heterocycles. The molecule has 9 heteroatoms. The number of aromatic nitrogens is 2. The molecule has 3 aromatic rings. The summed E-state index contributed by atoms with van der Waals surface area (Å²) >= 11 is 1.19. The van der Waals surface area contributed by atoms with Crippen molar-refractivity contribution in [2.24, 2.45) is 0 Å². The summed E-state index contributed by atoms with van der Waals surface area (Å²) in [6.45, 7) is 1.68. The van der Waals surface area contributed by atoms with E-state index in [1.54, 1.807) is 49.0 Å². The lowest BCUT2D eigenvalue weighted by Crippen LogP contribution is -2.23. The number of anilines is 1. The van der Waals surface area contributed by atoms with Gasteiger partial charge in [0.05, 0.1) is 7.11 Å². The van der Waals surface area contributed by atoms with Crippen molar-refractivity contribution in [1.82, 2.24) is 15.3 Å². The first-order valence-corrected chi connectivity index (χ1v) is 9.19. The van der Waals surface area contributed by atoms with Crippen LogP contribution in [0.25, 0.3) is 0 Å². The Balaban J connectivity index is 1.52. The zero-order valence-corrected chi connectivity index (χ0v) is 16.1. The van der Waals surface area contributed by atoms with Crippen LogP contribution in [0.3, 0.4) is 0 Å². The average Bonchev–Trinajstić information content (AvgIpc) is 3.15. The van der Waals surface area contributed by atoms with E-state index in [4.69, 9.17) is 9.47 Å². The molecule has 0 aliphatic carbocycles. The molecule has 0 aliphatic rings. The third-order valence-electron chi connectivity index (χ3n) is 3.55. The third-order valence-corrected chi connectivity index (χ3v) is 4.31. The van der Waals surface area contributed by atoms with Gasteiger partial charge in [-0.3, -0.25) is 9.59 Å². The van der Waals surface area contributed by atoms with Gasteiger partial charge in [0.25, 0.3) is 5.91 Å². The number of hydrogen-bond acceptors (Lipinski definition) is 7. The predicted octanol–water partition coefficient (Wildman–Crippen LogP) is 3.23. The molecule has 8 nitrogen and oxygen atoms in total. The lowest BCUT2D eigenvalue weighted by Gasteiger charge is -2.07. The molecule has 0 radical (unpaired) electrons. The zero-order valence-electron chi connectivity index (χ0n) is 15.3. The minimum atomic E-state index is -0.327. The molecule has 0 saturated carbocycles. The third kappa shape index (κ3) is 5.27. The molecule has 1 aromatic carbocycles. The van der Waals surface area contributed by atoms with Crippen molar-refractivity contribution in [1.29, 1.82) is 0 Å². The molecule has 0 unspecified atom stereocenters. The summed E-state index contributed by atoms with van der Waals surface area (Å²) in [5, 5.41) is 7.28. The summed E-state index contributed by atoms with van der Waals surface area (Å²) < 4.78 is 10.8. The SMILES string of the molecule is COc1ccc(Oc2ccc(CNC(=O)c3csc(NC(C)=O)n3)cn2)cc1. The van der Waals surface area contributed by atoms with Crippen LogP contribution in [-0.2, 0) is 11.3 Å². The predicted molar refractivity (Wildman–Crippen MR) is 105 cm³/mol. The van der Waals surface area contributed by atoms with Crippen molar-refractivity contribution in [2.75, 3.05) is 12.4 Å². The van der Waals surface area contributed by atoms with E-state index in [1.165, 1.54) is 18.3 Å². The maximum atomic E-state index is 12.1. The van der Waals surface area contributed by atoms with Crippen LogP contribution >= 0.6 is 11.3 Å². The number of thiazole rings is 1. The Morgan fingerprint density at radius 2 is 1.86 bits per heavy atom. The molecule has 28 heavy (non-hydrogen) atoms. The van der Waals surface area contributed by atoms with Crippen LogP contribution in [-0.4, -0.2) is 28.9 Å². The Morgan fingerprint density at radius 1 is 1.11 bits per heavy atom. The molecule has 2 amide bonds. The minimum Gasteiger partial charge on any atom is -0.497 e. The number of pyridine rings is 1. The summed E-state index contributed by atoms with van der Waals surface area (Å²) in [6.07, 6.45) is 1.63. The van der Waals surface area contributed by atoms with E-state index in [1.807, 2.05) is 6.07 Å². The highest BCUT2D eigenvalue weighted by Gasteiger charge is 2.11. The first-order valence-electron chi connectivity index (χ1n) is 8.31. The van der Waals surface area contributed by atoms with Gasteiger partial charge in [-0.1, -0.05) is 6.07 Å². The van der Waals surface area contributed by atoms with Crippen LogP contribution in [0.4, 0.5) is 5.13 Å². The van der Waals surface area contributed by atoms with Gasteiger partial charge in [-0.2, -0.15) is 0 Å². The number of amides is 2. The second kappa shape index (κ2) is 8.96. The van der Waals surface area contributed by atoms with Gasteiger partial charge in [-0.05, 0) is 29.8 Å². The molecule has 0 aliphatic heterocycles. The van der Waals surface area contributed by atoms with E-state index < -0.39 is 0 Å². The fraction of sp³-hybridized carbons (Fsp3) is 0.158. The molecular weight excluding hydrogens is 380 g/mol. The number of hydrogen-bond donors (Lipinski definition) is 2. The fourth-order valence-electron chi connectivity index (χ4n) is 2.20. The van der Waals surface area contributed by atoms with E-state index in [9.17, 15) is 9.59 Å². The van der Waals surface area contributed by atoms with Gasteiger partial charge in [0.1, 0.15) is 17.2 Å². The highest BCUT2D eigenvalue weighted by molar-refractivity contribution is 7.14. The summed E-state index contributed by atoms with van der Waals surface area (Å²) in [7, 11) is 1.60. The van der Waals surface area contributed by atoms with E-state index in [0.717, 1.165) is 11.3 Å². The zero-order chi connectivity index (χ0) is 19.9. The molecule has 0 fully saturated rings. The molecular formula is C19H18N4O4S. The van der Waals surface area contributed by atoms with Crippen LogP contribution in [0.15, 0.2) is 48.0 Å². The first kappa shape index (κ1) is 19.3. The molecule has 0 bridgehead atoms. The highest BCUT2D eigenvalue weighted by atomic mass is 32.1. The van der Waals surface area contributed by atoms with Crippen LogP contribution < -0.4 is 20.1 Å². The smallest absolute Gasteiger partial charge is 0.271 e. The summed E-state index contributed by atoms with van der Waals surface area (Å²) in [5.41, 5.74) is 1.06. The molecule has 144 valence electrons. The van der Waals surface area contributed by atoms with Gasteiger partial charge in [0, 0.05) is 31.1 Å². The van der Waals surface area contributed by atoms with E-state index >= 15 is 0 Å². The minimum absolute atomic E-state index is 0.232. The molecule has 0 atom stereocenters. The number of carbonyl (C=O) groups excluding carboxylic acids is 2.